The van der Waals surface area contributed by atoms with Crippen LogP contribution in [0.4, 0.5) is 10.3 Å². The Labute approximate surface area is 211 Å². The summed E-state index contributed by atoms with van der Waals surface area (Å²) in [5.41, 5.74) is 2.30. The van der Waals surface area contributed by atoms with E-state index in [0.29, 0.717) is 52.4 Å². The Balaban J connectivity index is 1.28. The molecule has 36 heavy (non-hydrogen) atoms. The normalized spacial score (nSPS) is 11.7. The minimum Gasteiger partial charge on any atom is -0.432 e. The van der Waals surface area contributed by atoms with Crippen LogP contribution in [0.25, 0.3) is 28.5 Å². The van der Waals surface area contributed by atoms with E-state index in [1.807, 2.05) is 0 Å². The zero-order valence-corrected chi connectivity index (χ0v) is 20.3. The number of imidazole rings is 1. The number of hydrogen-bond acceptors (Lipinski definition) is 7. The van der Waals surface area contributed by atoms with Crippen LogP contribution in [0.2, 0.25) is 5.02 Å². The van der Waals surface area contributed by atoms with E-state index in [-0.39, 0.29) is 17.3 Å². The fraction of sp³-hybridized carbons (Fsp3) is 0.125. The molecule has 12 heteroatoms. The first-order valence-electron chi connectivity index (χ1n) is 10.9. The monoisotopic (exact) mass is 526 g/mol. The van der Waals surface area contributed by atoms with Gasteiger partial charge < -0.3 is 9.73 Å². The molecule has 0 aliphatic heterocycles. The zero-order valence-electron chi connectivity index (χ0n) is 18.7. The number of benzene rings is 2. The molecule has 2 aromatic carbocycles. The largest absolute Gasteiger partial charge is 0.432 e. The Morgan fingerprint density at radius 3 is 2.69 bits per heavy atom. The molecule has 3 heterocycles. The van der Waals surface area contributed by atoms with E-state index in [9.17, 15) is 12.8 Å². The van der Waals surface area contributed by atoms with Gasteiger partial charge in [-0.15, -0.1) is 0 Å². The second-order valence-electron chi connectivity index (χ2n) is 7.77. The van der Waals surface area contributed by atoms with Gasteiger partial charge in [-0.3, -0.25) is 4.40 Å². The van der Waals surface area contributed by atoms with Crippen LogP contribution in [0.1, 0.15) is 6.42 Å². The number of halogens is 2. The zero-order chi connectivity index (χ0) is 25.1. The van der Waals surface area contributed by atoms with Crippen molar-refractivity contribution in [1.82, 2.24) is 24.1 Å². The SMILES string of the molecule is O=S(=O)(NCCCNc1nccc(-c2c(-c3cccc(F)c3)nc3occn23)n1)c1ccc(Cl)cc1. The number of nitrogens with one attached hydrogen (secondary N) is 2. The number of rotatable bonds is 9. The van der Waals surface area contributed by atoms with Crippen LogP contribution in [0.15, 0.2) is 82.6 Å². The standard InChI is InChI=1S/C24H20ClFN6O3S/c25-17-5-7-19(8-6-17)36(33,34)29-11-2-10-27-23-28-12-9-20(30-23)22-21(16-3-1-4-18(26)15-16)31-24-32(22)13-14-35-24/h1,3-9,12-15,29H,2,10-11H2,(H,27,28,30). The molecule has 0 aliphatic rings. The van der Waals surface area contributed by atoms with Gasteiger partial charge in [-0.2, -0.15) is 4.98 Å². The maximum absolute atomic E-state index is 13.9. The fourth-order valence-corrected chi connectivity index (χ4v) is 4.84. The predicted octanol–water partition coefficient (Wildman–Crippen LogP) is 4.62. The lowest BCUT2D eigenvalue weighted by atomic mass is 10.1. The quantitative estimate of drug-likeness (QED) is 0.269. The number of oxazole rings is 1. The summed E-state index contributed by atoms with van der Waals surface area (Å²) in [5.74, 6) is 0.335. The van der Waals surface area contributed by atoms with Gasteiger partial charge in [0.15, 0.2) is 0 Å². The van der Waals surface area contributed by atoms with Crippen LogP contribution < -0.4 is 10.0 Å². The smallest absolute Gasteiger partial charge is 0.306 e. The minimum atomic E-state index is -3.62. The summed E-state index contributed by atoms with van der Waals surface area (Å²) in [6.07, 6.45) is 5.31. The van der Waals surface area contributed by atoms with Crippen molar-refractivity contribution in [2.45, 2.75) is 11.3 Å². The maximum Gasteiger partial charge on any atom is 0.306 e. The summed E-state index contributed by atoms with van der Waals surface area (Å²) >= 11 is 5.82. The Morgan fingerprint density at radius 2 is 1.89 bits per heavy atom. The van der Waals surface area contributed by atoms with Gasteiger partial charge in [0.25, 0.3) is 0 Å². The van der Waals surface area contributed by atoms with E-state index in [2.05, 4.69) is 25.0 Å². The first-order chi connectivity index (χ1) is 17.4. The minimum absolute atomic E-state index is 0.149. The third kappa shape index (κ3) is 5.08. The van der Waals surface area contributed by atoms with Gasteiger partial charge in [0.05, 0.1) is 10.6 Å². The van der Waals surface area contributed by atoms with Crippen molar-refractivity contribution in [3.8, 4) is 22.6 Å². The number of hydrogen-bond donors (Lipinski definition) is 2. The molecule has 0 unspecified atom stereocenters. The van der Waals surface area contributed by atoms with Crippen molar-refractivity contribution in [1.29, 1.82) is 0 Å². The summed E-state index contributed by atoms with van der Waals surface area (Å²) in [5, 5.41) is 3.57. The highest BCUT2D eigenvalue weighted by atomic mass is 35.5. The van der Waals surface area contributed by atoms with Gasteiger partial charge >= 0.3 is 5.84 Å². The third-order valence-electron chi connectivity index (χ3n) is 5.31. The molecule has 184 valence electrons. The van der Waals surface area contributed by atoms with Crippen LogP contribution in [0, 0.1) is 5.82 Å². The van der Waals surface area contributed by atoms with Gasteiger partial charge in [0.2, 0.25) is 16.0 Å². The molecule has 0 amide bonds. The topological polar surface area (TPSA) is 114 Å². The second-order valence-corrected chi connectivity index (χ2v) is 9.98. The van der Waals surface area contributed by atoms with Gasteiger partial charge in [0, 0.05) is 36.1 Å². The average molecular weight is 527 g/mol. The van der Waals surface area contributed by atoms with E-state index in [4.69, 9.17) is 16.0 Å². The highest BCUT2D eigenvalue weighted by molar-refractivity contribution is 7.89. The van der Waals surface area contributed by atoms with E-state index in [1.54, 1.807) is 35.0 Å². The summed E-state index contributed by atoms with van der Waals surface area (Å²) in [7, 11) is -3.62. The predicted molar refractivity (Wildman–Crippen MR) is 134 cm³/mol. The van der Waals surface area contributed by atoms with Crippen molar-refractivity contribution in [3.05, 3.63) is 84.1 Å². The summed E-state index contributed by atoms with van der Waals surface area (Å²) in [6.45, 7) is 0.649. The highest BCUT2D eigenvalue weighted by Crippen LogP contribution is 2.32. The molecular weight excluding hydrogens is 507 g/mol. The molecule has 0 bridgehead atoms. The molecule has 3 aromatic heterocycles. The average Bonchev–Trinajstić information content (AvgIpc) is 3.46. The van der Waals surface area contributed by atoms with E-state index >= 15 is 0 Å². The maximum atomic E-state index is 13.9. The molecule has 0 fully saturated rings. The lowest BCUT2D eigenvalue weighted by Gasteiger charge is -2.09. The summed E-state index contributed by atoms with van der Waals surface area (Å²) in [4.78, 5) is 13.5. The van der Waals surface area contributed by atoms with Crippen molar-refractivity contribution in [2.24, 2.45) is 0 Å². The Hall–Kier alpha value is -3.80. The number of fused-ring (bicyclic) bond motifs is 1. The van der Waals surface area contributed by atoms with Gasteiger partial charge in [0.1, 0.15) is 23.5 Å². The molecule has 0 atom stereocenters. The van der Waals surface area contributed by atoms with Crippen LogP contribution >= 0.6 is 11.6 Å². The molecular formula is C24H20ClFN6O3S. The molecule has 0 saturated heterocycles. The number of nitrogens with zero attached hydrogens (tertiary/aromatic N) is 4. The molecule has 5 aromatic rings. The second kappa shape index (κ2) is 10.1. The Kier molecular flexibility index (Phi) is 6.68. The van der Waals surface area contributed by atoms with E-state index in [1.165, 1.54) is 42.7 Å². The molecule has 2 N–H and O–H groups in total. The van der Waals surface area contributed by atoms with Crippen molar-refractivity contribution < 1.29 is 17.2 Å². The Morgan fingerprint density at radius 1 is 1.06 bits per heavy atom. The summed E-state index contributed by atoms with van der Waals surface area (Å²) < 4.78 is 48.3. The van der Waals surface area contributed by atoms with Crippen LogP contribution in [0.3, 0.4) is 0 Å². The van der Waals surface area contributed by atoms with Crippen LogP contribution in [-0.2, 0) is 10.0 Å². The Bertz CT molecular complexity index is 1620. The number of sulfonamides is 1. The summed E-state index contributed by atoms with van der Waals surface area (Å²) in [6, 6.07) is 13.8. The van der Waals surface area contributed by atoms with E-state index in [0.717, 1.165) is 0 Å². The van der Waals surface area contributed by atoms with Crippen molar-refractivity contribution in [2.75, 3.05) is 18.4 Å². The third-order valence-corrected chi connectivity index (χ3v) is 7.04. The van der Waals surface area contributed by atoms with Crippen molar-refractivity contribution in [3.63, 3.8) is 0 Å². The molecule has 0 radical (unpaired) electrons. The molecule has 0 spiro atoms. The van der Waals surface area contributed by atoms with Gasteiger partial charge in [-0.25, -0.2) is 27.5 Å². The first kappa shape index (κ1) is 23.9. The number of anilines is 1. The van der Waals surface area contributed by atoms with Gasteiger partial charge in [-0.1, -0.05) is 23.7 Å². The van der Waals surface area contributed by atoms with Gasteiger partial charge in [-0.05, 0) is 48.9 Å². The number of aromatic nitrogens is 4. The highest BCUT2D eigenvalue weighted by Gasteiger charge is 2.20. The fourth-order valence-electron chi connectivity index (χ4n) is 3.64. The van der Waals surface area contributed by atoms with Crippen LogP contribution in [-0.4, -0.2) is 40.9 Å². The first-order valence-corrected chi connectivity index (χ1v) is 12.8. The lowest BCUT2D eigenvalue weighted by Crippen LogP contribution is -2.26. The molecule has 0 aliphatic carbocycles. The van der Waals surface area contributed by atoms with E-state index < -0.39 is 10.0 Å². The molecule has 9 nitrogen and oxygen atoms in total. The molecule has 5 rings (SSSR count). The van der Waals surface area contributed by atoms with Crippen molar-refractivity contribution >= 4 is 33.4 Å². The molecule has 0 saturated carbocycles. The van der Waals surface area contributed by atoms with Crippen LogP contribution in [0.5, 0.6) is 0 Å². The lowest BCUT2D eigenvalue weighted by molar-refractivity contribution is 0.580.